The van der Waals surface area contributed by atoms with E-state index in [4.69, 9.17) is 21.7 Å². The predicted octanol–water partition coefficient (Wildman–Crippen LogP) is 6.14. The topological polar surface area (TPSA) is 223 Å². The number of nitrogens with two attached hydrogens (primary N) is 1. The van der Waals surface area contributed by atoms with Gasteiger partial charge >= 0.3 is 11.9 Å². The van der Waals surface area contributed by atoms with Gasteiger partial charge in [0.05, 0.1) is 30.3 Å². The summed E-state index contributed by atoms with van der Waals surface area (Å²) >= 11 is 1.15. The number of carbonyl (C=O) groups excluding carboxylic acids is 5. The van der Waals surface area contributed by atoms with Crippen LogP contribution in [0.3, 0.4) is 0 Å². The van der Waals surface area contributed by atoms with E-state index in [1.807, 2.05) is 34.7 Å². The van der Waals surface area contributed by atoms with Crippen LogP contribution in [0.4, 0.5) is 11.5 Å². The number of thiazole rings is 1. The largest absolute Gasteiger partial charge is 0.481 e. The SMILES string of the molecule is C#CCCCON(C(=O)[C@H](C(=O)N[C@H]1CCCCN1C)[C@@H](C)CC)[C@H](C[C@@H](OC(C)=O)c1nc(NC(=O)[C@@H](Cc2ccc(NC(=O)[C@H](C)N)cc2)CC(C)(C)C(=O)O)cs1)C(C)C. The van der Waals surface area contributed by atoms with Crippen molar-refractivity contribution in [3.63, 3.8) is 0 Å². The van der Waals surface area contributed by atoms with Crippen LogP contribution in [-0.2, 0) is 44.8 Å². The Hall–Kier alpha value is -4.89. The van der Waals surface area contributed by atoms with E-state index < -0.39 is 59.2 Å². The number of carbonyl (C=O) groups is 6. The molecule has 2 aromatic rings. The summed E-state index contributed by atoms with van der Waals surface area (Å²) in [6.45, 7) is 14.5. The number of unbranched alkanes of at least 4 members (excludes halogenated alkanes) is 1. The fraction of sp³-hybridized carbons (Fsp3) is 0.630. The molecular formula is C46H69N7O9S. The molecule has 2 heterocycles. The van der Waals surface area contributed by atoms with Crippen molar-refractivity contribution in [3.8, 4) is 12.3 Å². The zero-order valence-electron chi connectivity index (χ0n) is 38.4. The molecule has 1 saturated heterocycles. The summed E-state index contributed by atoms with van der Waals surface area (Å²) in [5.74, 6) is -3.05. The molecule has 1 fully saturated rings. The first-order valence-electron chi connectivity index (χ1n) is 21.9. The fourth-order valence-corrected chi connectivity index (χ4v) is 8.15. The highest BCUT2D eigenvalue weighted by Crippen LogP contribution is 2.35. The second kappa shape index (κ2) is 24.8. The van der Waals surface area contributed by atoms with E-state index >= 15 is 0 Å². The number of benzene rings is 1. The number of esters is 1. The van der Waals surface area contributed by atoms with Gasteiger partial charge in [0, 0.05) is 36.8 Å². The van der Waals surface area contributed by atoms with Crippen molar-refractivity contribution in [1.82, 2.24) is 20.3 Å². The molecule has 17 heteroatoms. The molecule has 1 aromatic carbocycles. The van der Waals surface area contributed by atoms with Gasteiger partial charge in [0.2, 0.25) is 17.7 Å². The molecule has 1 aromatic heterocycles. The quantitative estimate of drug-likeness (QED) is 0.0264. The summed E-state index contributed by atoms with van der Waals surface area (Å²) in [7, 11) is 1.96. The number of nitrogens with one attached hydrogen (secondary N) is 3. The molecule has 0 bridgehead atoms. The van der Waals surface area contributed by atoms with Crippen LogP contribution in [0.15, 0.2) is 29.6 Å². The van der Waals surface area contributed by atoms with Crippen molar-refractivity contribution in [3.05, 3.63) is 40.2 Å². The van der Waals surface area contributed by atoms with E-state index in [1.54, 1.807) is 50.4 Å². The van der Waals surface area contributed by atoms with E-state index in [0.29, 0.717) is 30.0 Å². The Morgan fingerprint density at radius 3 is 2.32 bits per heavy atom. The molecule has 0 unspecified atom stereocenters. The van der Waals surface area contributed by atoms with Gasteiger partial charge in [-0.05, 0) is 102 Å². The van der Waals surface area contributed by atoms with Gasteiger partial charge in [0.25, 0.3) is 5.91 Å². The molecule has 6 N–H and O–H groups in total. The normalized spacial score (nSPS) is 17.3. The number of hydroxylamine groups is 2. The van der Waals surface area contributed by atoms with Gasteiger partial charge < -0.3 is 31.5 Å². The average Bonchev–Trinajstić information content (AvgIpc) is 3.68. The highest BCUT2D eigenvalue weighted by Gasteiger charge is 2.42. The van der Waals surface area contributed by atoms with Crippen LogP contribution in [0.2, 0.25) is 0 Å². The number of hydrogen-bond donors (Lipinski definition) is 5. The van der Waals surface area contributed by atoms with Crippen LogP contribution in [0.5, 0.6) is 0 Å². The van der Waals surface area contributed by atoms with Crippen molar-refractivity contribution in [2.24, 2.45) is 34.8 Å². The molecule has 63 heavy (non-hydrogen) atoms. The molecule has 1 aliphatic rings. The smallest absolute Gasteiger partial charge is 0.309 e. The molecule has 0 radical (unpaired) electrons. The van der Waals surface area contributed by atoms with Gasteiger partial charge in [-0.3, -0.25) is 38.5 Å². The monoisotopic (exact) mass is 895 g/mol. The van der Waals surface area contributed by atoms with Gasteiger partial charge in [-0.1, -0.05) is 46.2 Å². The standard InChI is InChI=1S/C46H69N7O9S/c1-11-13-16-23-61-53(44(58)39(29(5)12-2)42(57)51-38-17-14-15-22-52(38)10)35(28(3)4)25-36(62-31(7)54)43-50-37(27-63-43)49-41(56)33(26-46(8,9)45(59)60)24-32-18-20-34(21-19-32)48-40(55)30(6)47/h1,18-21,27-30,33,35-36,38-39H,12-17,22-26,47H2,2-10H3,(H,48,55)(H,49,56)(H,51,57)(H,59,60)/t29-,30-,33-,35+,36+,38+,39-/m0/s1. The third kappa shape index (κ3) is 16.0. The Morgan fingerprint density at radius 1 is 1.06 bits per heavy atom. The lowest BCUT2D eigenvalue weighted by molar-refractivity contribution is -0.215. The van der Waals surface area contributed by atoms with Gasteiger partial charge in [-0.25, -0.2) is 10.0 Å². The van der Waals surface area contributed by atoms with Gasteiger partial charge in [-0.2, -0.15) is 0 Å². The lowest BCUT2D eigenvalue weighted by atomic mass is 9.80. The minimum Gasteiger partial charge on any atom is -0.481 e. The number of amides is 4. The number of ether oxygens (including phenoxy) is 1. The van der Waals surface area contributed by atoms with Crippen LogP contribution in [-0.4, -0.2) is 94.1 Å². The first kappa shape index (κ1) is 52.5. The molecule has 7 atom stereocenters. The molecule has 3 rings (SSSR count). The molecule has 4 amide bonds. The molecular weight excluding hydrogens is 827 g/mol. The molecule has 1 aliphatic heterocycles. The minimum absolute atomic E-state index is 0.00128. The van der Waals surface area contributed by atoms with E-state index in [1.165, 1.54) is 12.0 Å². The Balaban J connectivity index is 1.94. The highest BCUT2D eigenvalue weighted by atomic mass is 32.1. The fourth-order valence-electron chi connectivity index (χ4n) is 7.36. The lowest BCUT2D eigenvalue weighted by Gasteiger charge is -2.38. The summed E-state index contributed by atoms with van der Waals surface area (Å²) in [5.41, 5.74) is 5.68. The molecule has 348 valence electrons. The number of likely N-dealkylation sites (tertiary alicyclic amines) is 1. The van der Waals surface area contributed by atoms with Crippen molar-refractivity contribution < 1.29 is 43.4 Å². The number of terminal acetylenes is 1. The Morgan fingerprint density at radius 2 is 1.75 bits per heavy atom. The third-order valence-corrected chi connectivity index (χ3v) is 12.4. The van der Waals surface area contributed by atoms with Crippen molar-refractivity contribution in [2.45, 2.75) is 138 Å². The van der Waals surface area contributed by atoms with E-state index in [9.17, 15) is 33.9 Å². The van der Waals surface area contributed by atoms with Crippen LogP contribution >= 0.6 is 11.3 Å². The van der Waals surface area contributed by atoms with Gasteiger partial charge in [-0.15, -0.1) is 23.7 Å². The summed E-state index contributed by atoms with van der Waals surface area (Å²) in [6, 6.07) is 5.47. The van der Waals surface area contributed by atoms with E-state index in [-0.39, 0.29) is 61.5 Å². The van der Waals surface area contributed by atoms with E-state index in [2.05, 4.69) is 31.8 Å². The lowest BCUT2D eigenvalue weighted by Crippen LogP contribution is -2.55. The number of aliphatic carboxylic acids is 1. The number of carboxylic acids is 1. The predicted molar refractivity (Wildman–Crippen MR) is 243 cm³/mol. The van der Waals surface area contributed by atoms with Crippen LogP contribution < -0.4 is 21.7 Å². The third-order valence-electron chi connectivity index (χ3n) is 11.5. The molecule has 0 spiro atoms. The number of anilines is 2. The number of nitrogens with zero attached hydrogens (tertiary/aromatic N) is 3. The Kier molecular flexibility index (Phi) is 20.7. The zero-order valence-corrected chi connectivity index (χ0v) is 39.2. The summed E-state index contributed by atoms with van der Waals surface area (Å²) in [4.78, 5) is 92.7. The second-order valence-electron chi connectivity index (χ2n) is 17.6. The maximum absolute atomic E-state index is 14.8. The second-order valence-corrected chi connectivity index (χ2v) is 18.5. The molecule has 16 nitrogen and oxygen atoms in total. The average molecular weight is 896 g/mol. The van der Waals surface area contributed by atoms with Crippen molar-refractivity contribution in [2.75, 3.05) is 30.8 Å². The minimum atomic E-state index is -1.25. The number of aromatic nitrogens is 1. The van der Waals surface area contributed by atoms with Crippen molar-refractivity contribution in [1.29, 1.82) is 0 Å². The summed E-state index contributed by atoms with van der Waals surface area (Å²) < 4.78 is 5.86. The first-order chi connectivity index (χ1) is 29.7. The highest BCUT2D eigenvalue weighted by molar-refractivity contribution is 7.10. The molecule has 0 aliphatic carbocycles. The maximum Gasteiger partial charge on any atom is 0.309 e. The summed E-state index contributed by atoms with van der Waals surface area (Å²) in [5, 5.41) is 21.9. The Labute approximate surface area is 376 Å². The number of hydrogen-bond acceptors (Lipinski definition) is 12. The number of rotatable bonds is 24. The van der Waals surface area contributed by atoms with Crippen molar-refractivity contribution >= 4 is 58.4 Å². The van der Waals surface area contributed by atoms with Crippen LogP contribution in [0, 0.1) is 41.4 Å². The number of carboxylic acid groups (broad SMARTS) is 1. The maximum atomic E-state index is 14.8. The van der Waals surface area contributed by atoms with E-state index in [0.717, 1.165) is 42.7 Å². The first-order valence-corrected chi connectivity index (χ1v) is 22.8. The number of piperidine rings is 1. The molecule has 0 saturated carbocycles. The van der Waals surface area contributed by atoms with Crippen LogP contribution in [0.25, 0.3) is 0 Å². The Bertz CT molecular complexity index is 1890. The van der Waals surface area contributed by atoms with Gasteiger partial charge in [0.15, 0.2) is 6.10 Å². The van der Waals surface area contributed by atoms with Gasteiger partial charge in [0.1, 0.15) is 16.7 Å². The van der Waals surface area contributed by atoms with Crippen LogP contribution in [0.1, 0.15) is 123 Å². The zero-order chi connectivity index (χ0) is 47.0. The summed E-state index contributed by atoms with van der Waals surface area (Å²) in [6.07, 6.45) is 8.78.